The summed E-state index contributed by atoms with van der Waals surface area (Å²) in [5, 5.41) is 5.13. The van der Waals surface area contributed by atoms with E-state index in [1.807, 2.05) is 38.4 Å². The third-order valence-electron chi connectivity index (χ3n) is 2.39. The van der Waals surface area contributed by atoms with E-state index < -0.39 is 0 Å². The number of benzene rings is 1. The summed E-state index contributed by atoms with van der Waals surface area (Å²) >= 11 is 7.70. The monoisotopic (exact) mass is 252 g/mol. The highest BCUT2D eigenvalue weighted by Crippen LogP contribution is 2.27. The van der Waals surface area contributed by atoms with Crippen molar-refractivity contribution in [1.29, 1.82) is 0 Å². The zero-order chi connectivity index (χ0) is 11.5. The van der Waals surface area contributed by atoms with Crippen LogP contribution in [0.3, 0.4) is 0 Å². The van der Waals surface area contributed by atoms with Gasteiger partial charge in [0.25, 0.3) is 0 Å². The zero-order valence-electron chi connectivity index (χ0n) is 9.20. The number of hydrogen-bond acceptors (Lipinski definition) is 3. The maximum absolute atomic E-state index is 6.00. The number of aryl methyl sites for hydroxylation is 1. The highest BCUT2D eigenvalue weighted by Gasteiger charge is 2.14. The van der Waals surface area contributed by atoms with Crippen LogP contribution in [0, 0.1) is 6.92 Å². The van der Waals surface area contributed by atoms with Gasteiger partial charge in [0.2, 0.25) is 0 Å². The van der Waals surface area contributed by atoms with Crippen molar-refractivity contribution in [2.75, 3.05) is 7.05 Å². The number of thiazole rings is 1. The normalized spacial score (nSPS) is 12.7. The van der Waals surface area contributed by atoms with Crippen molar-refractivity contribution in [3.63, 3.8) is 0 Å². The molecule has 4 heteroatoms. The summed E-state index contributed by atoms with van der Waals surface area (Å²) in [6, 6.07) is 8.08. The molecule has 0 aliphatic carbocycles. The summed E-state index contributed by atoms with van der Waals surface area (Å²) in [6.07, 6.45) is 1.92. The van der Waals surface area contributed by atoms with Crippen molar-refractivity contribution in [1.82, 2.24) is 10.3 Å². The molecule has 84 valence electrons. The Morgan fingerprint density at radius 3 is 2.81 bits per heavy atom. The summed E-state index contributed by atoms with van der Waals surface area (Å²) in [5.74, 6) is 0. The molecule has 1 aromatic heterocycles. The predicted molar refractivity (Wildman–Crippen MR) is 69.2 cm³/mol. The molecular formula is C12H13ClN2S. The molecule has 0 bridgehead atoms. The van der Waals surface area contributed by atoms with Gasteiger partial charge in [0.15, 0.2) is 0 Å². The first-order valence-corrected chi connectivity index (χ1v) is 6.25. The van der Waals surface area contributed by atoms with E-state index in [4.69, 9.17) is 11.6 Å². The number of hydrogen-bond donors (Lipinski definition) is 1. The fourth-order valence-electron chi connectivity index (χ4n) is 1.67. The lowest BCUT2D eigenvalue weighted by atomic mass is 10.1. The minimum Gasteiger partial charge on any atom is -0.309 e. The molecule has 0 amide bonds. The standard InChI is InChI=1S/C12H13ClN2S/c1-8-15-7-11(16-8)12(14-2)9-4-3-5-10(13)6-9/h3-7,12,14H,1-2H3. The molecule has 0 saturated carbocycles. The SMILES string of the molecule is CNC(c1cccc(Cl)c1)c1cnc(C)s1. The minimum atomic E-state index is 0.171. The van der Waals surface area contributed by atoms with E-state index in [9.17, 15) is 0 Å². The second-order valence-electron chi connectivity index (χ2n) is 3.56. The molecule has 1 N–H and O–H groups in total. The molecule has 0 aliphatic heterocycles. The van der Waals surface area contributed by atoms with Crippen LogP contribution in [0.2, 0.25) is 5.02 Å². The predicted octanol–water partition coefficient (Wildman–Crippen LogP) is 3.41. The number of nitrogens with zero attached hydrogens (tertiary/aromatic N) is 1. The van der Waals surface area contributed by atoms with Crippen LogP contribution in [0.15, 0.2) is 30.5 Å². The number of nitrogens with one attached hydrogen (secondary N) is 1. The first-order chi connectivity index (χ1) is 7.70. The van der Waals surface area contributed by atoms with Crippen molar-refractivity contribution in [2.24, 2.45) is 0 Å². The average molecular weight is 253 g/mol. The second kappa shape index (κ2) is 4.95. The van der Waals surface area contributed by atoms with Gasteiger partial charge in [-0.1, -0.05) is 23.7 Å². The van der Waals surface area contributed by atoms with Gasteiger partial charge in [-0.15, -0.1) is 11.3 Å². The van der Waals surface area contributed by atoms with Gasteiger partial charge in [-0.05, 0) is 31.7 Å². The maximum Gasteiger partial charge on any atom is 0.0897 e. The van der Waals surface area contributed by atoms with Crippen LogP contribution in [-0.2, 0) is 0 Å². The lowest BCUT2D eigenvalue weighted by molar-refractivity contribution is 0.702. The van der Waals surface area contributed by atoms with Gasteiger partial charge in [-0.2, -0.15) is 0 Å². The third kappa shape index (κ3) is 2.43. The van der Waals surface area contributed by atoms with E-state index in [-0.39, 0.29) is 6.04 Å². The Labute approximate surface area is 104 Å². The molecule has 1 heterocycles. The van der Waals surface area contributed by atoms with Crippen LogP contribution >= 0.6 is 22.9 Å². The molecule has 0 saturated heterocycles. The van der Waals surface area contributed by atoms with E-state index in [2.05, 4.69) is 16.4 Å². The summed E-state index contributed by atoms with van der Waals surface area (Å²) < 4.78 is 0. The third-order valence-corrected chi connectivity index (χ3v) is 3.61. The molecule has 0 fully saturated rings. The molecule has 0 radical (unpaired) electrons. The van der Waals surface area contributed by atoms with Gasteiger partial charge in [0.1, 0.15) is 0 Å². The zero-order valence-corrected chi connectivity index (χ0v) is 10.8. The van der Waals surface area contributed by atoms with Crippen LogP contribution < -0.4 is 5.32 Å². The Hall–Kier alpha value is -0.900. The number of rotatable bonds is 3. The number of aromatic nitrogens is 1. The average Bonchev–Trinajstić information content (AvgIpc) is 2.66. The molecule has 16 heavy (non-hydrogen) atoms. The summed E-state index contributed by atoms with van der Waals surface area (Å²) in [4.78, 5) is 5.49. The first-order valence-electron chi connectivity index (χ1n) is 5.06. The van der Waals surface area contributed by atoms with Gasteiger partial charge in [-0.3, -0.25) is 0 Å². The van der Waals surface area contributed by atoms with Crippen molar-refractivity contribution in [2.45, 2.75) is 13.0 Å². The van der Waals surface area contributed by atoms with E-state index in [0.717, 1.165) is 10.0 Å². The first kappa shape index (κ1) is 11.6. The topological polar surface area (TPSA) is 24.9 Å². The molecule has 0 spiro atoms. The summed E-state index contributed by atoms with van der Waals surface area (Å²) in [5.41, 5.74) is 1.17. The molecule has 1 aromatic carbocycles. The van der Waals surface area contributed by atoms with Gasteiger partial charge >= 0.3 is 0 Å². The molecule has 2 nitrogen and oxygen atoms in total. The molecular weight excluding hydrogens is 240 g/mol. The Morgan fingerprint density at radius 1 is 1.44 bits per heavy atom. The Kier molecular flexibility index (Phi) is 3.59. The van der Waals surface area contributed by atoms with Gasteiger partial charge in [-0.25, -0.2) is 4.98 Å². The molecule has 1 unspecified atom stereocenters. The smallest absolute Gasteiger partial charge is 0.0897 e. The fourth-order valence-corrected chi connectivity index (χ4v) is 2.79. The highest BCUT2D eigenvalue weighted by atomic mass is 35.5. The van der Waals surface area contributed by atoms with Gasteiger partial charge < -0.3 is 5.32 Å². The van der Waals surface area contributed by atoms with Crippen LogP contribution in [0.4, 0.5) is 0 Å². The summed E-state index contributed by atoms with van der Waals surface area (Å²) in [6.45, 7) is 2.01. The van der Waals surface area contributed by atoms with Gasteiger partial charge in [0, 0.05) is 16.1 Å². The van der Waals surface area contributed by atoms with Crippen molar-refractivity contribution >= 4 is 22.9 Å². The molecule has 2 aromatic rings. The highest BCUT2D eigenvalue weighted by molar-refractivity contribution is 7.11. The number of halogens is 1. The Morgan fingerprint density at radius 2 is 2.25 bits per heavy atom. The lowest BCUT2D eigenvalue weighted by Gasteiger charge is -2.14. The van der Waals surface area contributed by atoms with Crippen molar-refractivity contribution in [3.05, 3.63) is 50.9 Å². The van der Waals surface area contributed by atoms with Gasteiger partial charge in [0.05, 0.1) is 11.0 Å². The lowest BCUT2D eigenvalue weighted by Crippen LogP contribution is -2.16. The molecule has 1 atom stereocenters. The Bertz CT molecular complexity index is 481. The van der Waals surface area contributed by atoms with Crippen molar-refractivity contribution < 1.29 is 0 Å². The van der Waals surface area contributed by atoms with E-state index >= 15 is 0 Å². The second-order valence-corrected chi connectivity index (χ2v) is 5.26. The molecule has 2 rings (SSSR count). The molecule has 0 aliphatic rings. The van der Waals surface area contributed by atoms with Crippen LogP contribution in [0.5, 0.6) is 0 Å². The van der Waals surface area contributed by atoms with E-state index in [1.54, 1.807) is 11.3 Å². The quantitative estimate of drug-likeness (QED) is 0.906. The van der Waals surface area contributed by atoms with Crippen LogP contribution in [0.1, 0.15) is 21.5 Å². The minimum absolute atomic E-state index is 0.171. The fraction of sp³-hybridized carbons (Fsp3) is 0.250. The van der Waals surface area contributed by atoms with E-state index in [0.29, 0.717) is 0 Å². The Balaban J connectivity index is 2.36. The van der Waals surface area contributed by atoms with Crippen LogP contribution in [0.25, 0.3) is 0 Å². The van der Waals surface area contributed by atoms with E-state index in [1.165, 1.54) is 10.4 Å². The largest absolute Gasteiger partial charge is 0.309 e. The summed E-state index contributed by atoms with van der Waals surface area (Å²) in [7, 11) is 1.95. The van der Waals surface area contributed by atoms with Crippen molar-refractivity contribution in [3.8, 4) is 0 Å². The van der Waals surface area contributed by atoms with Crippen LogP contribution in [-0.4, -0.2) is 12.0 Å². The maximum atomic E-state index is 6.00.